The molecule has 3 nitrogen and oxygen atoms in total. The van der Waals surface area contributed by atoms with Crippen LogP contribution in [0.3, 0.4) is 0 Å². The summed E-state index contributed by atoms with van der Waals surface area (Å²) in [5.74, 6) is 0.519. The minimum absolute atomic E-state index is 0.299. The van der Waals surface area contributed by atoms with E-state index in [1.165, 1.54) is 0 Å². The quantitative estimate of drug-likeness (QED) is 0.627. The summed E-state index contributed by atoms with van der Waals surface area (Å²) in [7, 11) is 0. The van der Waals surface area contributed by atoms with Crippen LogP contribution >= 0.6 is 27.5 Å². The zero-order valence-corrected chi connectivity index (χ0v) is 16.3. The van der Waals surface area contributed by atoms with Crippen molar-refractivity contribution in [2.24, 2.45) is 5.92 Å². The molecule has 1 rings (SSSR count). The van der Waals surface area contributed by atoms with E-state index in [1.807, 2.05) is 39.0 Å². The molecule has 0 bridgehead atoms. The van der Waals surface area contributed by atoms with E-state index in [0.29, 0.717) is 24.0 Å². The molecule has 0 heterocycles. The average molecular weight is 391 g/mol. The zero-order chi connectivity index (χ0) is 16.9. The lowest BCUT2D eigenvalue weighted by atomic mass is 10.1. The van der Waals surface area contributed by atoms with Gasteiger partial charge in [-0.25, -0.2) is 4.79 Å². The van der Waals surface area contributed by atoms with Gasteiger partial charge in [-0.3, -0.25) is 0 Å². The van der Waals surface area contributed by atoms with Crippen LogP contribution in [0, 0.1) is 5.92 Å². The van der Waals surface area contributed by atoms with Crippen molar-refractivity contribution in [3.63, 3.8) is 0 Å². The number of amides is 1. The lowest BCUT2D eigenvalue weighted by Crippen LogP contribution is -2.37. The summed E-state index contributed by atoms with van der Waals surface area (Å²) in [5.41, 5.74) is 0.413. The van der Waals surface area contributed by atoms with Gasteiger partial charge in [0, 0.05) is 16.0 Å². The van der Waals surface area contributed by atoms with Gasteiger partial charge in [-0.15, -0.1) is 0 Å². The smallest absolute Gasteiger partial charge is 0.410 e. The van der Waals surface area contributed by atoms with Gasteiger partial charge in [-0.2, -0.15) is 0 Å². The summed E-state index contributed by atoms with van der Waals surface area (Å²) in [6, 6.07) is 5.70. The van der Waals surface area contributed by atoms with Crippen molar-refractivity contribution in [2.45, 2.75) is 53.2 Å². The summed E-state index contributed by atoms with van der Waals surface area (Å²) >= 11 is 9.66. The van der Waals surface area contributed by atoms with Gasteiger partial charge in [-0.1, -0.05) is 47.4 Å². The largest absolute Gasteiger partial charge is 0.444 e. The van der Waals surface area contributed by atoms with Crippen LogP contribution in [0.2, 0.25) is 5.02 Å². The van der Waals surface area contributed by atoms with Crippen LogP contribution in [-0.4, -0.2) is 23.1 Å². The van der Waals surface area contributed by atoms with Gasteiger partial charge in [0.15, 0.2) is 0 Å². The number of benzene rings is 1. The third kappa shape index (κ3) is 7.01. The second kappa shape index (κ2) is 8.21. The van der Waals surface area contributed by atoms with E-state index in [4.69, 9.17) is 16.3 Å². The Hall–Kier alpha value is -0.740. The second-order valence-corrected chi connectivity index (χ2v) is 8.14. The highest BCUT2D eigenvalue weighted by molar-refractivity contribution is 9.10. The highest BCUT2D eigenvalue weighted by atomic mass is 79.9. The third-order valence-electron chi connectivity index (χ3n) is 3.00. The highest BCUT2D eigenvalue weighted by Gasteiger charge is 2.23. The number of halogens is 2. The molecule has 0 aliphatic heterocycles. The maximum Gasteiger partial charge on any atom is 0.410 e. The molecular formula is C17H25BrClNO2. The van der Waals surface area contributed by atoms with E-state index < -0.39 is 5.60 Å². The predicted molar refractivity (Wildman–Crippen MR) is 95.3 cm³/mol. The van der Waals surface area contributed by atoms with Crippen LogP contribution in [0.4, 0.5) is 4.79 Å². The normalized spacial score (nSPS) is 11.6. The topological polar surface area (TPSA) is 29.5 Å². The van der Waals surface area contributed by atoms with Crippen molar-refractivity contribution < 1.29 is 9.53 Å². The number of carbonyl (C=O) groups excluding carboxylic acids is 1. The third-order valence-corrected chi connectivity index (χ3v) is 3.85. The Morgan fingerprint density at radius 1 is 1.36 bits per heavy atom. The molecule has 0 N–H and O–H groups in total. The van der Waals surface area contributed by atoms with E-state index in [2.05, 4.69) is 29.8 Å². The van der Waals surface area contributed by atoms with Gasteiger partial charge < -0.3 is 9.64 Å². The van der Waals surface area contributed by atoms with Gasteiger partial charge in [0.05, 0.1) is 6.54 Å². The average Bonchev–Trinajstić information content (AvgIpc) is 2.34. The minimum atomic E-state index is -0.503. The highest BCUT2D eigenvalue weighted by Crippen LogP contribution is 2.23. The number of hydrogen-bond donors (Lipinski definition) is 0. The van der Waals surface area contributed by atoms with Gasteiger partial charge in [0.1, 0.15) is 5.60 Å². The first-order chi connectivity index (χ1) is 10.1. The fraction of sp³-hybridized carbons (Fsp3) is 0.588. The lowest BCUT2D eigenvalue weighted by molar-refractivity contribution is 0.0226. The second-order valence-electron chi connectivity index (χ2n) is 6.82. The number of hydrogen-bond acceptors (Lipinski definition) is 2. The first-order valence-electron chi connectivity index (χ1n) is 7.50. The Labute approximate surface area is 147 Å². The van der Waals surface area contributed by atoms with Crippen LogP contribution in [0.15, 0.2) is 22.7 Å². The fourth-order valence-corrected chi connectivity index (χ4v) is 2.56. The van der Waals surface area contributed by atoms with Gasteiger partial charge in [0.25, 0.3) is 0 Å². The molecule has 0 unspecified atom stereocenters. The number of nitrogens with zero attached hydrogens (tertiary/aromatic N) is 1. The van der Waals surface area contributed by atoms with Gasteiger partial charge in [-0.05, 0) is 50.8 Å². The predicted octanol–water partition coefficient (Wildman–Crippen LogP) is 5.89. The van der Waals surface area contributed by atoms with Crippen molar-refractivity contribution >= 4 is 33.6 Å². The van der Waals surface area contributed by atoms with E-state index in [-0.39, 0.29) is 6.09 Å². The fourth-order valence-electron chi connectivity index (χ4n) is 1.83. The molecule has 0 radical (unpaired) electrons. The molecule has 0 aliphatic carbocycles. The SMILES string of the molecule is CC(C)CCN(Cc1ccc(Br)cc1Cl)C(=O)OC(C)(C)C. The molecule has 5 heteroatoms. The maximum atomic E-state index is 12.4. The maximum absolute atomic E-state index is 12.4. The first-order valence-corrected chi connectivity index (χ1v) is 8.67. The molecule has 22 heavy (non-hydrogen) atoms. The van der Waals surface area contributed by atoms with E-state index >= 15 is 0 Å². The van der Waals surface area contributed by atoms with Gasteiger partial charge in [0.2, 0.25) is 0 Å². The van der Waals surface area contributed by atoms with Crippen molar-refractivity contribution in [1.82, 2.24) is 4.90 Å². The standard InChI is InChI=1S/C17H25BrClNO2/c1-12(2)8-9-20(16(21)22-17(3,4)5)11-13-6-7-14(18)10-15(13)19/h6-7,10,12H,8-9,11H2,1-5H3. The van der Waals surface area contributed by atoms with Crippen LogP contribution < -0.4 is 0 Å². The van der Waals surface area contributed by atoms with Crippen LogP contribution in [0.5, 0.6) is 0 Å². The Bertz CT molecular complexity index is 512. The Morgan fingerprint density at radius 3 is 2.50 bits per heavy atom. The van der Waals surface area contributed by atoms with E-state index in [9.17, 15) is 4.79 Å². The summed E-state index contributed by atoms with van der Waals surface area (Å²) in [6.07, 6.45) is 0.625. The molecule has 0 saturated heterocycles. The number of ether oxygens (including phenoxy) is 1. The molecule has 1 amide bonds. The molecule has 1 aromatic carbocycles. The Kier molecular flexibility index (Phi) is 7.20. The molecule has 1 aromatic rings. The van der Waals surface area contributed by atoms with Gasteiger partial charge >= 0.3 is 6.09 Å². The van der Waals surface area contributed by atoms with Crippen LogP contribution in [-0.2, 0) is 11.3 Å². The summed E-state index contributed by atoms with van der Waals surface area (Å²) < 4.78 is 6.43. The number of carbonyl (C=O) groups is 1. The molecule has 0 spiro atoms. The van der Waals surface area contributed by atoms with Crippen molar-refractivity contribution in [1.29, 1.82) is 0 Å². The summed E-state index contributed by atoms with van der Waals surface area (Å²) in [4.78, 5) is 14.1. The molecule has 124 valence electrons. The summed E-state index contributed by atoms with van der Waals surface area (Å²) in [6.45, 7) is 11.0. The van der Waals surface area contributed by atoms with E-state index in [1.54, 1.807) is 4.90 Å². The molecule has 0 saturated carbocycles. The number of rotatable bonds is 5. The van der Waals surface area contributed by atoms with Crippen molar-refractivity contribution in [3.8, 4) is 0 Å². The minimum Gasteiger partial charge on any atom is -0.444 e. The zero-order valence-electron chi connectivity index (χ0n) is 14.0. The van der Waals surface area contributed by atoms with Crippen molar-refractivity contribution in [3.05, 3.63) is 33.3 Å². The monoisotopic (exact) mass is 389 g/mol. The molecule has 0 aliphatic rings. The summed E-state index contributed by atoms with van der Waals surface area (Å²) in [5, 5.41) is 0.646. The molecule has 0 aromatic heterocycles. The van der Waals surface area contributed by atoms with Crippen LogP contribution in [0.1, 0.15) is 46.6 Å². The Morgan fingerprint density at radius 2 is 2.00 bits per heavy atom. The Balaban J connectivity index is 2.87. The molecule has 0 fully saturated rings. The molecular weight excluding hydrogens is 366 g/mol. The molecule has 0 atom stereocenters. The lowest BCUT2D eigenvalue weighted by Gasteiger charge is -2.28. The van der Waals surface area contributed by atoms with Crippen LogP contribution in [0.25, 0.3) is 0 Å². The van der Waals surface area contributed by atoms with E-state index in [0.717, 1.165) is 16.5 Å². The van der Waals surface area contributed by atoms with Crippen molar-refractivity contribution in [2.75, 3.05) is 6.54 Å². The first kappa shape index (κ1) is 19.3.